The molecule has 1 aliphatic rings. The van der Waals surface area contributed by atoms with E-state index in [-0.39, 0.29) is 22.9 Å². The maximum Gasteiger partial charge on any atom is 0.227 e. The summed E-state index contributed by atoms with van der Waals surface area (Å²) in [5.74, 6) is -0.0978. The standard InChI is InChI=1S/C16H18ClN5O2/c1-2-21(14(23)6-5-11-8-19-16(11)24)13-10-22(20-15(13)17)12-4-3-7-18-9-12/h3-4,7,9-11H,2,5-6,8H2,1H3,(H,19,24). The monoisotopic (exact) mass is 347 g/mol. The lowest BCUT2D eigenvalue weighted by Crippen LogP contribution is -2.48. The number of hydrogen-bond acceptors (Lipinski definition) is 4. The van der Waals surface area contributed by atoms with Gasteiger partial charge in [-0.3, -0.25) is 14.6 Å². The summed E-state index contributed by atoms with van der Waals surface area (Å²) in [7, 11) is 0. The number of halogens is 1. The van der Waals surface area contributed by atoms with Crippen molar-refractivity contribution < 1.29 is 9.59 Å². The first-order valence-corrected chi connectivity index (χ1v) is 8.21. The van der Waals surface area contributed by atoms with Gasteiger partial charge in [-0.15, -0.1) is 0 Å². The fourth-order valence-corrected chi connectivity index (χ4v) is 2.86. The highest BCUT2D eigenvalue weighted by atomic mass is 35.5. The van der Waals surface area contributed by atoms with Crippen LogP contribution < -0.4 is 10.2 Å². The first-order chi connectivity index (χ1) is 11.6. The van der Waals surface area contributed by atoms with E-state index in [9.17, 15) is 9.59 Å². The van der Waals surface area contributed by atoms with Crippen LogP contribution in [0.3, 0.4) is 0 Å². The minimum atomic E-state index is -0.0650. The summed E-state index contributed by atoms with van der Waals surface area (Å²) in [5.41, 5.74) is 1.33. The predicted molar refractivity (Wildman–Crippen MR) is 90.1 cm³/mol. The Bertz CT molecular complexity index is 746. The van der Waals surface area contributed by atoms with E-state index in [1.165, 1.54) is 0 Å². The number of nitrogens with zero attached hydrogens (tertiary/aromatic N) is 4. The van der Waals surface area contributed by atoms with Crippen LogP contribution >= 0.6 is 11.6 Å². The average molecular weight is 348 g/mol. The molecule has 0 bridgehead atoms. The van der Waals surface area contributed by atoms with Crippen molar-refractivity contribution in [2.45, 2.75) is 19.8 Å². The van der Waals surface area contributed by atoms with Gasteiger partial charge in [0, 0.05) is 25.7 Å². The van der Waals surface area contributed by atoms with E-state index in [1.54, 1.807) is 34.2 Å². The van der Waals surface area contributed by atoms with Crippen LogP contribution in [-0.4, -0.2) is 39.7 Å². The Morgan fingerprint density at radius 3 is 2.96 bits per heavy atom. The van der Waals surface area contributed by atoms with Gasteiger partial charge in [0.25, 0.3) is 0 Å². The first kappa shape index (κ1) is 16.4. The summed E-state index contributed by atoms with van der Waals surface area (Å²) in [5, 5.41) is 7.19. The van der Waals surface area contributed by atoms with E-state index in [0.717, 1.165) is 5.69 Å². The Balaban J connectivity index is 1.74. The van der Waals surface area contributed by atoms with Crippen molar-refractivity contribution in [2.24, 2.45) is 5.92 Å². The highest BCUT2D eigenvalue weighted by molar-refractivity contribution is 6.32. The topological polar surface area (TPSA) is 80.1 Å². The van der Waals surface area contributed by atoms with Gasteiger partial charge in [0.05, 0.1) is 24.0 Å². The lowest BCUT2D eigenvalue weighted by Gasteiger charge is -2.26. The Morgan fingerprint density at radius 1 is 1.54 bits per heavy atom. The second kappa shape index (κ2) is 7.00. The third-order valence-electron chi connectivity index (χ3n) is 4.07. The number of pyridine rings is 1. The van der Waals surface area contributed by atoms with Crippen molar-refractivity contribution >= 4 is 29.1 Å². The predicted octanol–water partition coefficient (Wildman–Crippen LogP) is 1.80. The number of anilines is 1. The number of aromatic nitrogens is 3. The zero-order chi connectivity index (χ0) is 17.1. The van der Waals surface area contributed by atoms with Gasteiger partial charge in [0.1, 0.15) is 5.69 Å². The van der Waals surface area contributed by atoms with Crippen LogP contribution in [0.5, 0.6) is 0 Å². The van der Waals surface area contributed by atoms with Crippen LogP contribution in [0.15, 0.2) is 30.7 Å². The van der Waals surface area contributed by atoms with E-state index in [4.69, 9.17) is 11.6 Å². The average Bonchev–Trinajstić information content (AvgIpc) is 2.97. The smallest absolute Gasteiger partial charge is 0.227 e. The maximum absolute atomic E-state index is 12.5. The number of carbonyl (C=O) groups is 2. The summed E-state index contributed by atoms with van der Waals surface area (Å²) >= 11 is 6.23. The molecule has 1 N–H and O–H groups in total. The molecule has 1 atom stereocenters. The van der Waals surface area contributed by atoms with Crippen LogP contribution in [-0.2, 0) is 9.59 Å². The molecule has 0 aromatic carbocycles. The molecule has 0 spiro atoms. The molecule has 2 aromatic rings. The molecule has 3 rings (SSSR count). The van der Waals surface area contributed by atoms with Crippen molar-refractivity contribution in [3.8, 4) is 5.69 Å². The summed E-state index contributed by atoms with van der Waals surface area (Å²) in [4.78, 5) is 29.4. The molecule has 1 aliphatic heterocycles. The molecule has 2 aromatic heterocycles. The minimum absolute atomic E-state index is 0.0216. The molecule has 3 heterocycles. The van der Waals surface area contributed by atoms with Gasteiger partial charge in [-0.05, 0) is 25.5 Å². The van der Waals surface area contributed by atoms with Crippen molar-refractivity contribution in [1.82, 2.24) is 20.1 Å². The van der Waals surface area contributed by atoms with Gasteiger partial charge in [0.15, 0.2) is 5.15 Å². The molecule has 1 fully saturated rings. The van der Waals surface area contributed by atoms with Crippen LogP contribution in [0.4, 0.5) is 5.69 Å². The largest absolute Gasteiger partial charge is 0.355 e. The molecule has 8 heteroatoms. The van der Waals surface area contributed by atoms with Crippen LogP contribution in [0.1, 0.15) is 19.8 Å². The van der Waals surface area contributed by atoms with Gasteiger partial charge in [-0.25, -0.2) is 4.68 Å². The van der Waals surface area contributed by atoms with Gasteiger partial charge in [-0.1, -0.05) is 11.6 Å². The number of carbonyl (C=O) groups excluding carboxylic acids is 2. The fraction of sp³-hybridized carbons (Fsp3) is 0.375. The lowest BCUT2D eigenvalue weighted by atomic mass is 9.96. The molecule has 7 nitrogen and oxygen atoms in total. The molecule has 2 amide bonds. The van der Waals surface area contributed by atoms with Crippen LogP contribution in [0, 0.1) is 5.92 Å². The van der Waals surface area contributed by atoms with Crippen molar-refractivity contribution in [2.75, 3.05) is 18.0 Å². The molecule has 0 saturated carbocycles. The summed E-state index contributed by atoms with van der Waals surface area (Å²) in [6.07, 6.45) is 5.92. The number of β-lactam (4-membered cyclic amide) rings is 1. The van der Waals surface area contributed by atoms with Gasteiger partial charge >= 0.3 is 0 Å². The van der Waals surface area contributed by atoms with Crippen LogP contribution in [0.2, 0.25) is 5.15 Å². The number of hydrogen-bond donors (Lipinski definition) is 1. The van der Waals surface area contributed by atoms with E-state index in [0.29, 0.717) is 31.6 Å². The van der Waals surface area contributed by atoms with E-state index in [2.05, 4.69) is 15.4 Å². The van der Waals surface area contributed by atoms with E-state index in [1.807, 2.05) is 13.0 Å². The molecule has 126 valence electrons. The first-order valence-electron chi connectivity index (χ1n) is 7.83. The van der Waals surface area contributed by atoms with Crippen molar-refractivity contribution in [3.63, 3.8) is 0 Å². The van der Waals surface area contributed by atoms with Crippen molar-refractivity contribution in [1.29, 1.82) is 0 Å². The molecule has 0 radical (unpaired) electrons. The summed E-state index contributed by atoms with van der Waals surface area (Å²) in [6, 6.07) is 3.66. The lowest BCUT2D eigenvalue weighted by molar-refractivity contribution is -0.131. The Morgan fingerprint density at radius 2 is 2.38 bits per heavy atom. The number of nitrogens with one attached hydrogen (secondary N) is 1. The Hall–Kier alpha value is -2.41. The molecular formula is C16H18ClN5O2. The zero-order valence-electron chi connectivity index (χ0n) is 13.3. The fourth-order valence-electron chi connectivity index (χ4n) is 2.62. The maximum atomic E-state index is 12.5. The van der Waals surface area contributed by atoms with E-state index < -0.39 is 0 Å². The Labute approximate surface area is 144 Å². The normalized spacial score (nSPS) is 16.4. The number of rotatable bonds is 6. The summed E-state index contributed by atoms with van der Waals surface area (Å²) < 4.78 is 1.60. The zero-order valence-corrected chi connectivity index (χ0v) is 14.0. The second-order valence-electron chi connectivity index (χ2n) is 5.58. The summed E-state index contributed by atoms with van der Waals surface area (Å²) in [6.45, 7) is 3.01. The molecule has 24 heavy (non-hydrogen) atoms. The molecule has 0 aliphatic carbocycles. The molecule has 1 unspecified atom stereocenters. The highest BCUT2D eigenvalue weighted by Gasteiger charge is 2.29. The van der Waals surface area contributed by atoms with E-state index >= 15 is 0 Å². The molecule has 1 saturated heterocycles. The quantitative estimate of drug-likeness (QED) is 0.808. The number of amides is 2. The van der Waals surface area contributed by atoms with Gasteiger partial charge in [-0.2, -0.15) is 5.10 Å². The third kappa shape index (κ3) is 3.26. The van der Waals surface area contributed by atoms with Gasteiger partial charge < -0.3 is 10.2 Å². The SMILES string of the molecule is CCN(C(=O)CCC1CNC1=O)c1cn(-c2cccnc2)nc1Cl. The minimum Gasteiger partial charge on any atom is -0.355 e. The van der Waals surface area contributed by atoms with Gasteiger partial charge in [0.2, 0.25) is 11.8 Å². The Kier molecular flexibility index (Phi) is 4.80. The second-order valence-corrected chi connectivity index (χ2v) is 5.94. The third-order valence-corrected chi connectivity index (χ3v) is 4.34. The molecular weight excluding hydrogens is 330 g/mol. The highest BCUT2D eigenvalue weighted by Crippen LogP contribution is 2.27. The van der Waals surface area contributed by atoms with Crippen LogP contribution in [0.25, 0.3) is 5.69 Å². The van der Waals surface area contributed by atoms with Crippen molar-refractivity contribution in [3.05, 3.63) is 35.9 Å².